The minimum absolute atomic E-state index is 0.00239. The standard InChI is InChI=1S/C9H11BrN2O3/c1-6(5-11)15-9-4-7(12(13)14)2-3-8(9)10/h2-4,6H,5,11H2,1H3. The van der Waals surface area contributed by atoms with E-state index in [0.717, 1.165) is 0 Å². The van der Waals surface area contributed by atoms with Gasteiger partial charge in [0, 0.05) is 12.6 Å². The maximum atomic E-state index is 10.5. The monoisotopic (exact) mass is 274 g/mol. The summed E-state index contributed by atoms with van der Waals surface area (Å²) < 4.78 is 6.08. The van der Waals surface area contributed by atoms with E-state index >= 15 is 0 Å². The van der Waals surface area contributed by atoms with Crippen molar-refractivity contribution in [3.63, 3.8) is 0 Å². The van der Waals surface area contributed by atoms with Crippen LogP contribution in [0.4, 0.5) is 5.69 Å². The molecule has 0 saturated heterocycles. The zero-order valence-corrected chi connectivity index (χ0v) is 9.73. The summed E-state index contributed by atoms with van der Waals surface area (Å²) in [7, 11) is 0. The molecule has 1 rings (SSSR count). The summed E-state index contributed by atoms with van der Waals surface area (Å²) in [6.45, 7) is 2.15. The summed E-state index contributed by atoms with van der Waals surface area (Å²) in [5.74, 6) is 0.433. The van der Waals surface area contributed by atoms with Crippen LogP contribution < -0.4 is 10.5 Å². The highest BCUT2D eigenvalue weighted by atomic mass is 79.9. The lowest BCUT2D eigenvalue weighted by molar-refractivity contribution is -0.385. The fraction of sp³-hybridized carbons (Fsp3) is 0.333. The van der Waals surface area contributed by atoms with E-state index in [9.17, 15) is 10.1 Å². The third-order valence-corrected chi connectivity index (χ3v) is 2.44. The lowest BCUT2D eigenvalue weighted by Gasteiger charge is -2.13. The quantitative estimate of drug-likeness (QED) is 0.674. The number of nitro groups is 1. The Morgan fingerprint density at radius 1 is 1.67 bits per heavy atom. The minimum Gasteiger partial charge on any atom is -0.488 e. The Morgan fingerprint density at radius 2 is 2.33 bits per heavy atom. The smallest absolute Gasteiger partial charge is 0.273 e. The molecule has 0 radical (unpaired) electrons. The Kier molecular flexibility index (Phi) is 4.05. The van der Waals surface area contributed by atoms with Crippen molar-refractivity contribution in [3.8, 4) is 5.75 Å². The van der Waals surface area contributed by atoms with Gasteiger partial charge in [0.2, 0.25) is 0 Å². The van der Waals surface area contributed by atoms with Gasteiger partial charge in [-0.25, -0.2) is 0 Å². The van der Waals surface area contributed by atoms with Crippen LogP contribution in [0.25, 0.3) is 0 Å². The Labute approximate surface area is 95.5 Å². The molecule has 0 heterocycles. The van der Waals surface area contributed by atoms with Crippen LogP contribution in [0, 0.1) is 10.1 Å². The van der Waals surface area contributed by atoms with Crippen LogP contribution in [0.5, 0.6) is 5.75 Å². The molecule has 82 valence electrons. The molecule has 1 unspecified atom stereocenters. The number of ether oxygens (including phenoxy) is 1. The summed E-state index contributed by atoms with van der Waals surface area (Å²) in [5.41, 5.74) is 5.39. The Morgan fingerprint density at radius 3 is 2.87 bits per heavy atom. The van der Waals surface area contributed by atoms with Crippen molar-refractivity contribution < 1.29 is 9.66 Å². The van der Waals surface area contributed by atoms with Crippen molar-refractivity contribution in [2.45, 2.75) is 13.0 Å². The van der Waals surface area contributed by atoms with Gasteiger partial charge in [-0.1, -0.05) is 0 Å². The van der Waals surface area contributed by atoms with E-state index in [0.29, 0.717) is 16.8 Å². The third-order valence-electron chi connectivity index (χ3n) is 1.79. The summed E-state index contributed by atoms with van der Waals surface area (Å²) in [4.78, 5) is 10.1. The molecule has 6 heteroatoms. The Hall–Kier alpha value is -1.14. The highest BCUT2D eigenvalue weighted by Crippen LogP contribution is 2.29. The van der Waals surface area contributed by atoms with E-state index in [1.54, 1.807) is 13.0 Å². The minimum atomic E-state index is -0.466. The molecule has 1 aromatic rings. The van der Waals surface area contributed by atoms with Gasteiger partial charge in [-0.3, -0.25) is 10.1 Å². The van der Waals surface area contributed by atoms with E-state index in [1.807, 2.05) is 0 Å². The molecule has 0 spiro atoms. The van der Waals surface area contributed by atoms with Crippen LogP contribution in [0.1, 0.15) is 6.92 Å². The summed E-state index contributed by atoms with van der Waals surface area (Å²) in [6.07, 6.45) is -0.177. The van der Waals surface area contributed by atoms with Gasteiger partial charge in [0.1, 0.15) is 11.9 Å². The van der Waals surface area contributed by atoms with Crippen molar-refractivity contribution in [1.82, 2.24) is 0 Å². The van der Waals surface area contributed by atoms with E-state index in [-0.39, 0.29) is 11.8 Å². The van der Waals surface area contributed by atoms with Crippen LogP contribution in [0.15, 0.2) is 22.7 Å². The predicted molar refractivity (Wildman–Crippen MR) is 59.9 cm³/mol. The topological polar surface area (TPSA) is 78.4 Å². The SMILES string of the molecule is CC(CN)Oc1cc([N+](=O)[O-])ccc1Br. The largest absolute Gasteiger partial charge is 0.488 e. The average Bonchev–Trinajstić information content (AvgIpc) is 2.20. The second-order valence-electron chi connectivity index (χ2n) is 3.04. The molecule has 0 aliphatic carbocycles. The number of benzene rings is 1. The van der Waals surface area contributed by atoms with Gasteiger partial charge in [0.25, 0.3) is 5.69 Å². The lowest BCUT2D eigenvalue weighted by atomic mass is 10.3. The van der Waals surface area contributed by atoms with Gasteiger partial charge >= 0.3 is 0 Å². The zero-order valence-electron chi connectivity index (χ0n) is 8.14. The molecule has 5 nitrogen and oxygen atoms in total. The number of hydrogen-bond donors (Lipinski definition) is 1. The first-order chi connectivity index (χ1) is 7.04. The first-order valence-corrected chi connectivity index (χ1v) is 5.14. The maximum absolute atomic E-state index is 10.5. The molecule has 0 aromatic heterocycles. The number of hydrogen-bond acceptors (Lipinski definition) is 4. The Bertz CT molecular complexity index is 370. The molecule has 0 aliphatic rings. The van der Waals surface area contributed by atoms with Gasteiger partial charge in [0.05, 0.1) is 15.5 Å². The number of rotatable bonds is 4. The number of nitrogens with two attached hydrogens (primary N) is 1. The van der Waals surface area contributed by atoms with Crippen molar-refractivity contribution in [1.29, 1.82) is 0 Å². The molecule has 0 saturated carbocycles. The fourth-order valence-electron chi connectivity index (χ4n) is 0.961. The summed E-state index contributed by atoms with van der Waals surface area (Å²) in [5, 5.41) is 10.5. The molecule has 15 heavy (non-hydrogen) atoms. The first-order valence-electron chi connectivity index (χ1n) is 4.35. The van der Waals surface area contributed by atoms with E-state index < -0.39 is 4.92 Å². The third kappa shape index (κ3) is 3.17. The second kappa shape index (κ2) is 5.09. The van der Waals surface area contributed by atoms with Crippen molar-refractivity contribution in [2.24, 2.45) is 5.73 Å². The van der Waals surface area contributed by atoms with Crippen LogP contribution in [-0.4, -0.2) is 17.6 Å². The van der Waals surface area contributed by atoms with Crippen LogP contribution in [-0.2, 0) is 0 Å². The number of non-ortho nitro benzene ring substituents is 1. The molecule has 0 aliphatic heterocycles. The van der Waals surface area contributed by atoms with E-state index in [1.165, 1.54) is 12.1 Å². The van der Waals surface area contributed by atoms with Gasteiger partial charge in [0.15, 0.2) is 0 Å². The highest BCUT2D eigenvalue weighted by molar-refractivity contribution is 9.10. The zero-order chi connectivity index (χ0) is 11.4. The van der Waals surface area contributed by atoms with Crippen LogP contribution in [0.3, 0.4) is 0 Å². The van der Waals surface area contributed by atoms with Crippen molar-refractivity contribution in [2.75, 3.05) is 6.54 Å². The van der Waals surface area contributed by atoms with Gasteiger partial charge < -0.3 is 10.5 Å². The molecule has 0 bridgehead atoms. The maximum Gasteiger partial charge on any atom is 0.273 e. The van der Waals surface area contributed by atoms with Crippen LogP contribution in [0.2, 0.25) is 0 Å². The van der Waals surface area contributed by atoms with Gasteiger partial charge in [-0.15, -0.1) is 0 Å². The molecule has 0 amide bonds. The normalized spacial score (nSPS) is 12.2. The summed E-state index contributed by atoms with van der Waals surface area (Å²) >= 11 is 3.25. The van der Waals surface area contributed by atoms with Gasteiger partial charge in [-0.05, 0) is 28.9 Å². The molecular weight excluding hydrogens is 264 g/mol. The Balaban J connectivity index is 2.95. The fourth-order valence-corrected chi connectivity index (χ4v) is 1.30. The lowest BCUT2D eigenvalue weighted by Crippen LogP contribution is -2.22. The highest BCUT2D eigenvalue weighted by Gasteiger charge is 2.12. The van der Waals surface area contributed by atoms with Crippen molar-refractivity contribution >= 4 is 21.6 Å². The molecule has 1 aromatic carbocycles. The average molecular weight is 275 g/mol. The second-order valence-corrected chi connectivity index (χ2v) is 3.89. The van der Waals surface area contributed by atoms with E-state index in [2.05, 4.69) is 15.9 Å². The van der Waals surface area contributed by atoms with Gasteiger partial charge in [-0.2, -0.15) is 0 Å². The first kappa shape index (κ1) is 11.9. The predicted octanol–water partition coefficient (Wildman–Crippen LogP) is 2.08. The molecule has 1 atom stereocenters. The van der Waals surface area contributed by atoms with Crippen LogP contribution >= 0.6 is 15.9 Å². The van der Waals surface area contributed by atoms with E-state index in [4.69, 9.17) is 10.5 Å². The number of halogens is 1. The summed E-state index contributed by atoms with van der Waals surface area (Å²) in [6, 6.07) is 4.36. The number of nitro benzene ring substituents is 1. The molecule has 0 fully saturated rings. The van der Waals surface area contributed by atoms with Crippen molar-refractivity contribution in [3.05, 3.63) is 32.8 Å². The number of nitrogens with zero attached hydrogens (tertiary/aromatic N) is 1. The molecule has 2 N–H and O–H groups in total. The molecular formula is C9H11BrN2O3.